The molecule has 0 aromatic heterocycles. The number of esters is 1. The summed E-state index contributed by atoms with van der Waals surface area (Å²) in [6.45, 7) is 1.68. The largest absolute Gasteiger partial charge is 0.457 e. The third-order valence-corrected chi connectivity index (χ3v) is 5.19. The van der Waals surface area contributed by atoms with Crippen LogP contribution in [-0.2, 0) is 25.5 Å². The molecule has 2 atom stereocenters. The van der Waals surface area contributed by atoms with Gasteiger partial charge >= 0.3 is 5.97 Å². The number of ketones is 1. The van der Waals surface area contributed by atoms with Gasteiger partial charge in [-0.2, -0.15) is 0 Å². The number of ether oxygens (including phenoxy) is 1. The van der Waals surface area contributed by atoms with Crippen molar-refractivity contribution >= 4 is 23.6 Å². The van der Waals surface area contributed by atoms with Crippen LogP contribution in [0.15, 0.2) is 36.4 Å². The second-order valence-corrected chi connectivity index (χ2v) is 6.87. The Balaban J connectivity index is 1.46. The summed E-state index contributed by atoms with van der Waals surface area (Å²) < 4.78 is 5.01. The SMILES string of the molecule is CCc1ccc(C(=O)COC(=O)CCN2C(=O)[C@H]3CC=CC[C@H]3C2=O)cc1. The van der Waals surface area contributed by atoms with Gasteiger partial charge in [-0.15, -0.1) is 0 Å². The third-order valence-electron chi connectivity index (χ3n) is 5.19. The second-order valence-electron chi connectivity index (χ2n) is 6.87. The number of fused-ring (bicyclic) bond motifs is 1. The molecular weight excluding hydrogens is 346 g/mol. The van der Waals surface area contributed by atoms with Crippen LogP contribution in [0.2, 0.25) is 0 Å². The Morgan fingerprint density at radius 1 is 1.04 bits per heavy atom. The normalized spacial score (nSPS) is 21.3. The van der Waals surface area contributed by atoms with E-state index < -0.39 is 5.97 Å². The van der Waals surface area contributed by atoms with Crippen LogP contribution in [0.5, 0.6) is 0 Å². The van der Waals surface area contributed by atoms with Crippen LogP contribution in [0.1, 0.15) is 42.1 Å². The number of nitrogens with zero attached hydrogens (tertiary/aromatic N) is 1. The number of likely N-dealkylation sites (tertiary alicyclic amines) is 1. The van der Waals surface area contributed by atoms with Gasteiger partial charge in [0.25, 0.3) is 0 Å². The topological polar surface area (TPSA) is 80.8 Å². The molecule has 6 nitrogen and oxygen atoms in total. The maximum atomic E-state index is 12.3. The van der Waals surface area contributed by atoms with Crippen molar-refractivity contribution in [3.8, 4) is 0 Å². The van der Waals surface area contributed by atoms with Gasteiger partial charge in [0.15, 0.2) is 12.4 Å². The van der Waals surface area contributed by atoms with Gasteiger partial charge in [-0.1, -0.05) is 43.3 Å². The highest BCUT2D eigenvalue weighted by atomic mass is 16.5. The van der Waals surface area contributed by atoms with E-state index in [-0.39, 0.29) is 49.0 Å². The van der Waals surface area contributed by atoms with E-state index in [4.69, 9.17) is 4.74 Å². The molecule has 1 heterocycles. The number of imide groups is 1. The zero-order chi connectivity index (χ0) is 19.4. The van der Waals surface area contributed by atoms with Crippen molar-refractivity contribution in [2.75, 3.05) is 13.2 Å². The summed E-state index contributed by atoms with van der Waals surface area (Å²) >= 11 is 0. The number of benzene rings is 1. The Morgan fingerprint density at radius 2 is 1.63 bits per heavy atom. The molecule has 1 aliphatic carbocycles. The lowest BCUT2D eigenvalue weighted by Crippen LogP contribution is -2.33. The second kappa shape index (κ2) is 8.29. The maximum absolute atomic E-state index is 12.3. The first kappa shape index (κ1) is 19.0. The van der Waals surface area contributed by atoms with E-state index >= 15 is 0 Å². The van der Waals surface area contributed by atoms with Crippen LogP contribution in [0.3, 0.4) is 0 Å². The lowest BCUT2D eigenvalue weighted by molar-refractivity contribution is -0.145. The highest BCUT2D eigenvalue weighted by molar-refractivity contribution is 6.05. The van der Waals surface area contributed by atoms with Crippen LogP contribution in [0.25, 0.3) is 0 Å². The summed E-state index contributed by atoms with van der Waals surface area (Å²) in [6, 6.07) is 7.17. The average Bonchev–Trinajstić information content (AvgIpc) is 2.95. The molecule has 0 saturated carbocycles. The summed E-state index contributed by atoms with van der Waals surface area (Å²) in [6.07, 6.45) is 5.76. The van der Waals surface area contributed by atoms with Crippen molar-refractivity contribution in [3.63, 3.8) is 0 Å². The minimum Gasteiger partial charge on any atom is -0.457 e. The van der Waals surface area contributed by atoms with Gasteiger partial charge in [-0.3, -0.25) is 24.1 Å². The molecule has 6 heteroatoms. The summed E-state index contributed by atoms with van der Waals surface area (Å²) in [5.74, 6) is -1.90. The lowest BCUT2D eigenvalue weighted by atomic mass is 9.85. The van der Waals surface area contributed by atoms with Crippen LogP contribution < -0.4 is 0 Å². The number of hydrogen-bond acceptors (Lipinski definition) is 5. The molecule has 0 N–H and O–H groups in total. The van der Waals surface area contributed by atoms with E-state index in [1.807, 2.05) is 31.2 Å². The highest BCUT2D eigenvalue weighted by Gasteiger charge is 2.46. The summed E-state index contributed by atoms with van der Waals surface area (Å²) in [7, 11) is 0. The minimum absolute atomic E-state index is 0.00286. The standard InChI is InChI=1S/C21H23NO5/c1-2-14-7-9-15(10-8-14)18(23)13-27-19(24)11-12-22-20(25)16-5-3-4-6-17(16)21(22)26/h3-4,7-10,16-17H,2,5-6,11-13H2,1H3/t16-,17+. The van der Waals surface area contributed by atoms with Gasteiger partial charge in [0.2, 0.25) is 11.8 Å². The number of amides is 2. The maximum Gasteiger partial charge on any atom is 0.308 e. The lowest BCUT2D eigenvalue weighted by Gasteiger charge is -2.14. The average molecular weight is 369 g/mol. The number of allylic oxidation sites excluding steroid dienone is 2. The number of hydrogen-bond donors (Lipinski definition) is 0. The van der Waals surface area contributed by atoms with E-state index in [0.717, 1.165) is 16.9 Å². The fourth-order valence-electron chi connectivity index (χ4n) is 3.52. The fraction of sp³-hybridized carbons (Fsp3) is 0.429. The molecule has 1 saturated heterocycles. The van der Waals surface area contributed by atoms with Gasteiger partial charge in [0.05, 0.1) is 18.3 Å². The number of carbonyl (C=O) groups is 4. The number of aryl methyl sites for hydroxylation is 1. The van der Waals surface area contributed by atoms with Crippen LogP contribution in [0, 0.1) is 11.8 Å². The predicted molar refractivity (Wildman–Crippen MR) is 97.8 cm³/mol. The summed E-state index contributed by atoms with van der Waals surface area (Å²) in [5, 5.41) is 0. The molecule has 2 amide bonds. The van der Waals surface area contributed by atoms with Crippen LogP contribution >= 0.6 is 0 Å². The van der Waals surface area contributed by atoms with Crippen LogP contribution in [-0.4, -0.2) is 41.6 Å². The van der Waals surface area contributed by atoms with E-state index in [9.17, 15) is 19.2 Å². The minimum atomic E-state index is -0.595. The molecule has 27 heavy (non-hydrogen) atoms. The smallest absolute Gasteiger partial charge is 0.308 e. The Hall–Kier alpha value is -2.76. The van der Waals surface area contributed by atoms with E-state index in [0.29, 0.717) is 18.4 Å². The molecule has 1 aromatic carbocycles. The Bertz CT molecular complexity index is 754. The summed E-state index contributed by atoms with van der Waals surface area (Å²) in [5.41, 5.74) is 1.61. The van der Waals surface area contributed by atoms with Crippen molar-refractivity contribution in [1.29, 1.82) is 0 Å². The molecule has 0 bridgehead atoms. The number of Topliss-reactive ketones (excluding diaryl/α,β-unsaturated/α-hetero) is 1. The van der Waals surface area contributed by atoms with Crippen molar-refractivity contribution in [2.45, 2.75) is 32.6 Å². The third kappa shape index (κ3) is 4.15. The molecule has 1 aliphatic heterocycles. The number of rotatable bonds is 7. The van der Waals surface area contributed by atoms with E-state index in [1.165, 1.54) is 0 Å². The van der Waals surface area contributed by atoms with Gasteiger partial charge in [-0.25, -0.2) is 0 Å². The molecule has 142 valence electrons. The monoisotopic (exact) mass is 369 g/mol. The quantitative estimate of drug-likeness (QED) is 0.319. The molecule has 3 rings (SSSR count). The van der Waals surface area contributed by atoms with Crippen LogP contribution in [0.4, 0.5) is 0 Å². The van der Waals surface area contributed by atoms with Gasteiger partial charge in [-0.05, 0) is 24.8 Å². The summed E-state index contributed by atoms with van der Waals surface area (Å²) in [4.78, 5) is 49.8. The molecule has 2 aliphatic rings. The van der Waals surface area contributed by atoms with Crippen molar-refractivity contribution in [2.24, 2.45) is 11.8 Å². The van der Waals surface area contributed by atoms with Crippen molar-refractivity contribution in [3.05, 3.63) is 47.5 Å². The predicted octanol–water partition coefficient (Wildman–Crippen LogP) is 2.32. The molecule has 0 radical (unpaired) electrons. The Morgan fingerprint density at radius 3 is 2.19 bits per heavy atom. The van der Waals surface area contributed by atoms with Crippen molar-refractivity contribution in [1.82, 2.24) is 4.90 Å². The molecule has 0 spiro atoms. The van der Waals surface area contributed by atoms with Gasteiger partial charge in [0.1, 0.15) is 0 Å². The first-order chi connectivity index (χ1) is 13.0. The molecule has 1 fully saturated rings. The van der Waals surface area contributed by atoms with Gasteiger partial charge < -0.3 is 4.74 Å². The number of carbonyl (C=O) groups excluding carboxylic acids is 4. The zero-order valence-electron chi connectivity index (χ0n) is 15.3. The van der Waals surface area contributed by atoms with E-state index in [2.05, 4.69) is 0 Å². The fourth-order valence-corrected chi connectivity index (χ4v) is 3.52. The molecular formula is C21H23NO5. The zero-order valence-corrected chi connectivity index (χ0v) is 15.3. The highest BCUT2D eigenvalue weighted by Crippen LogP contribution is 2.34. The Labute approximate surface area is 158 Å². The molecule has 1 aromatic rings. The Kier molecular flexibility index (Phi) is 5.84. The van der Waals surface area contributed by atoms with Gasteiger partial charge in [0, 0.05) is 12.1 Å². The molecule has 0 unspecified atom stereocenters. The van der Waals surface area contributed by atoms with E-state index in [1.54, 1.807) is 12.1 Å². The first-order valence-electron chi connectivity index (χ1n) is 9.29. The first-order valence-corrected chi connectivity index (χ1v) is 9.29. The van der Waals surface area contributed by atoms with Crippen molar-refractivity contribution < 1.29 is 23.9 Å².